The first-order valence-corrected chi connectivity index (χ1v) is 3.78. The highest BCUT2D eigenvalue weighted by Gasteiger charge is 2.20. The van der Waals surface area contributed by atoms with Gasteiger partial charge >= 0.3 is 5.97 Å². The van der Waals surface area contributed by atoms with E-state index in [0.29, 0.717) is 6.20 Å². The fourth-order valence-corrected chi connectivity index (χ4v) is 1.06. The number of carboxylic acids is 1. The third-order valence-electron chi connectivity index (χ3n) is 1.52. The molecular weight excluding hydrogens is 218 g/mol. The van der Waals surface area contributed by atoms with Crippen LogP contribution in [0.5, 0.6) is 0 Å². The molecule has 0 saturated heterocycles. The lowest BCUT2D eigenvalue weighted by Crippen LogP contribution is -2.07. The van der Waals surface area contributed by atoms with Crippen LogP contribution in [0.15, 0.2) is 6.20 Å². The van der Waals surface area contributed by atoms with Crippen molar-refractivity contribution in [3.63, 3.8) is 0 Å². The molecule has 4 nitrogen and oxygen atoms in total. The number of rotatable bonds is 2. The number of alkyl halides is 2. The van der Waals surface area contributed by atoms with Crippen LogP contribution in [-0.4, -0.2) is 16.1 Å². The Bertz CT molecular complexity index is 384. The van der Waals surface area contributed by atoms with Crippen molar-refractivity contribution in [3.05, 3.63) is 22.5 Å². The maximum atomic E-state index is 12.2. The Kier molecular flexibility index (Phi) is 2.85. The summed E-state index contributed by atoms with van der Waals surface area (Å²) >= 11 is 5.43. The summed E-state index contributed by atoms with van der Waals surface area (Å²) in [5.41, 5.74) is 3.66. The van der Waals surface area contributed by atoms with Gasteiger partial charge in [0.15, 0.2) is 5.69 Å². The Morgan fingerprint density at radius 1 is 1.64 bits per heavy atom. The Labute approximate surface area is 82.3 Å². The number of halogens is 3. The highest BCUT2D eigenvalue weighted by molar-refractivity contribution is 6.34. The first kappa shape index (κ1) is 10.6. The van der Waals surface area contributed by atoms with Gasteiger partial charge in [0.1, 0.15) is 0 Å². The Balaban J connectivity index is 3.33. The van der Waals surface area contributed by atoms with Gasteiger partial charge in [0.05, 0.1) is 16.3 Å². The van der Waals surface area contributed by atoms with E-state index in [0.717, 1.165) is 0 Å². The molecule has 0 spiro atoms. The molecule has 14 heavy (non-hydrogen) atoms. The molecule has 0 atom stereocenters. The molecule has 1 rings (SSSR count). The predicted molar refractivity (Wildman–Crippen MR) is 45.6 cm³/mol. The molecule has 0 radical (unpaired) electrons. The number of carbonyl (C=O) groups is 1. The molecule has 7 heteroatoms. The molecule has 0 bridgehead atoms. The highest BCUT2D eigenvalue weighted by Crippen LogP contribution is 2.31. The Morgan fingerprint density at radius 3 is 2.64 bits per heavy atom. The molecule has 0 aliphatic carbocycles. The monoisotopic (exact) mass is 222 g/mol. The van der Waals surface area contributed by atoms with Crippen LogP contribution >= 0.6 is 11.6 Å². The van der Waals surface area contributed by atoms with E-state index in [1.54, 1.807) is 0 Å². The van der Waals surface area contributed by atoms with E-state index in [-0.39, 0.29) is 0 Å². The van der Waals surface area contributed by atoms with Gasteiger partial charge in [-0.2, -0.15) is 0 Å². The largest absolute Gasteiger partial charge is 0.476 e. The highest BCUT2D eigenvalue weighted by atomic mass is 35.5. The maximum absolute atomic E-state index is 12.2. The van der Waals surface area contributed by atoms with Gasteiger partial charge in [-0.25, -0.2) is 18.6 Å². The van der Waals surface area contributed by atoms with Gasteiger partial charge in [-0.1, -0.05) is 11.6 Å². The van der Waals surface area contributed by atoms with Gasteiger partial charge in [-0.3, -0.25) is 0 Å². The van der Waals surface area contributed by atoms with Crippen LogP contribution in [0.3, 0.4) is 0 Å². The Hall–Kier alpha value is -1.43. The standard InChI is InChI=1S/C7H5ClF2N2O2/c8-3-2(6(9)10)1-12-5(4(3)11)7(13)14/h1,6H,11H2,(H,13,14). The van der Waals surface area contributed by atoms with Gasteiger partial charge in [-0.15, -0.1) is 0 Å². The van der Waals surface area contributed by atoms with Crippen LogP contribution < -0.4 is 5.73 Å². The van der Waals surface area contributed by atoms with E-state index in [2.05, 4.69) is 4.98 Å². The second-order valence-electron chi connectivity index (χ2n) is 2.40. The predicted octanol–water partition coefficient (Wildman–Crippen LogP) is 1.95. The lowest BCUT2D eigenvalue weighted by molar-refractivity contribution is 0.0691. The van der Waals surface area contributed by atoms with E-state index in [1.165, 1.54) is 0 Å². The van der Waals surface area contributed by atoms with Crippen LogP contribution in [0.25, 0.3) is 0 Å². The lowest BCUT2D eigenvalue weighted by atomic mass is 10.2. The summed E-state index contributed by atoms with van der Waals surface area (Å²) in [5, 5.41) is 8.07. The molecule has 1 aromatic rings. The number of hydrogen-bond acceptors (Lipinski definition) is 3. The zero-order valence-corrected chi connectivity index (χ0v) is 7.42. The van der Waals surface area contributed by atoms with Crippen molar-refractivity contribution in [1.82, 2.24) is 4.98 Å². The summed E-state index contributed by atoms with van der Waals surface area (Å²) in [6, 6.07) is 0. The summed E-state index contributed by atoms with van der Waals surface area (Å²) < 4.78 is 24.4. The average Bonchev–Trinajstić information content (AvgIpc) is 2.08. The van der Waals surface area contributed by atoms with Gasteiger partial charge in [0.25, 0.3) is 6.43 Å². The van der Waals surface area contributed by atoms with Crippen molar-refractivity contribution in [2.45, 2.75) is 6.43 Å². The van der Waals surface area contributed by atoms with Crippen LogP contribution in [0.2, 0.25) is 5.02 Å². The van der Waals surface area contributed by atoms with E-state index in [9.17, 15) is 13.6 Å². The zero-order chi connectivity index (χ0) is 10.9. The average molecular weight is 223 g/mol. The number of pyridine rings is 1. The number of aromatic carboxylic acids is 1. The molecule has 1 heterocycles. The number of nitrogens with zero attached hydrogens (tertiary/aromatic N) is 1. The van der Waals surface area contributed by atoms with Crippen LogP contribution in [0.4, 0.5) is 14.5 Å². The van der Waals surface area contributed by atoms with E-state index < -0.39 is 34.4 Å². The summed E-state index contributed by atoms with van der Waals surface area (Å²) in [4.78, 5) is 13.7. The minimum atomic E-state index is -2.83. The zero-order valence-electron chi connectivity index (χ0n) is 6.67. The van der Waals surface area contributed by atoms with Gasteiger partial charge in [-0.05, 0) is 0 Å². The fraction of sp³-hybridized carbons (Fsp3) is 0.143. The van der Waals surface area contributed by atoms with Crippen LogP contribution in [0, 0.1) is 0 Å². The molecule has 0 aromatic carbocycles. The third kappa shape index (κ3) is 1.74. The smallest absolute Gasteiger partial charge is 0.356 e. The van der Waals surface area contributed by atoms with Crippen molar-refractivity contribution in [2.75, 3.05) is 5.73 Å². The molecule has 0 amide bonds. The second-order valence-corrected chi connectivity index (χ2v) is 2.77. The second kappa shape index (κ2) is 3.75. The first-order chi connectivity index (χ1) is 6.45. The number of anilines is 1. The van der Waals surface area contributed by atoms with Crippen LogP contribution in [0.1, 0.15) is 22.5 Å². The molecule has 0 fully saturated rings. The molecule has 0 aliphatic heterocycles. The minimum Gasteiger partial charge on any atom is -0.476 e. The quantitative estimate of drug-likeness (QED) is 0.802. The molecule has 0 saturated carbocycles. The minimum absolute atomic E-state index is 0.447. The molecule has 0 unspecified atom stereocenters. The van der Waals surface area contributed by atoms with Crippen molar-refractivity contribution in [1.29, 1.82) is 0 Å². The molecule has 3 N–H and O–H groups in total. The summed E-state index contributed by atoms with van der Waals surface area (Å²) in [6.45, 7) is 0. The molecule has 0 aliphatic rings. The number of carboxylic acid groups (broad SMARTS) is 1. The summed E-state index contributed by atoms with van der Waals surface area (Å²) in [6.07, 6.45) is -2.13. The van der Waals surface area contributed by atoms with Crippen molar-refractivity contribution in [2.24, 2.45) is 0 Å². The summed E-state index contributed by atoms with van der Waals surface area (Å²) in [7, 11) is 0. The number of nitrogen functional groups attached to an aromatic ring is 1. The number of hydrogen-bond donors (Lipinski definition) is 2. The fourth-order valence-electron chi connectivity index (χ4n) is 0.842. The van der Waals surface area contributed by atoms with Crippen molar-refractivity contribution < 1.29 is 18.7 Å². The van der Waals surface area contributed by atoms with E-state index >= 15 is 0 Å². The van der Waals surface area contributed by atoms with E-state index in [4.69, 9.17) is 22.4 Å². The van der Waals surface area contributed by atoms with Gasteiger partial charge in [0.2, 0.25) is 0 Å². The maximum Gasteiger partial charge on any atom is 0.356 e. The number of aromatic nitrogens is 1. The molecule has 1 aromatic heterocycles. The van der Waals surface area contributed by atoms with E-state index in [1.807, 2.05) is 0 Å². The molecule has 76 valence electrons. The third-order valence-corrected chi connectivity index (χ3v) is 1.94. The van der Waals surface area contributed by atoms with Gasteiger partial charge < -0.3 is 10.8 Å². The Morgan fingerprint density at radius 2 is 2.21 bits per heavy atom. The van der Waals surface area contributed by atoms with Crippen molar-refractivity contribution >= 4 is 23.3 Å². The van der Waals surface area contributed by atoms with Crippen molar-refractivity contribution in [3.8, 4) is 0 Å². The lowest BCUT2D eigenvalue weighted by Gasteiger charge is -2.06. The van der Waals surface area contributed by atoms with Gasteiger partial charge in [0, 0.05) is 6.20 Å². The number of nitrogens with two attached hydrogens (primary N) is 1. The van der Waals surface area contributed by atoms with Crippen LogP contribution in [-0.2, 0) is 0 Å². The molecular formula is C7H5ClF2N2O2. The summed E-state index contributed by atoms with van der Waals surface area (Å²) in [5.74, 6) is -1.41. The topological polar surface area (TPSA) is 76.2 Å². The first-order valence-electron chi connectivity index (χ1n) is 3.40. The SMILES string of the molecule is Nc1c(C(=O)O)ncc(C(F)F)c1Cl. The normalized spacial score (nSPS) is 10.6.